The molecule has 5 nitrogen and oxygen atoms in total. The van der Waals surface area contributed by atoms with Crippen LogP contribution >= 0.6 is 11.3 Å². The highest BCUT2D eigenvalue weighted by Crippen LogP contribution is 2.29. The third-order valence-corrected chi connectivity index (χ3v) is 6.31. The van der Waals surface area contributed by atoms with Crippen LogP contribution in [0.4, 0.5) is 0 Å². The van der Waals surface area contributed by atoms with Crippen molar-refractivity contribution in [3.63, 3.8) is 0 Å². The number of hydrogen-bond acceptors (Lipinski definition) is 4. The minimum atomic E-state index is -0.0182. The molecule has 0 aliphatic carbocycles. The van der Waals surface area contributed by atoms with E-state index in [0.29, 0.717) is 24.6 Å². The first-order chi connectivity index (χ1) is 12.7. The van der Waals surface area contributed by atoms with Crippen molar-refractivity contribution in [2.75, 3.05) is 19.6 Å². The molecule has 3 fully saturated rings. The average molecular weight is 369 g/mol. The van der Waals surface area contributed by atoms with Gasteiger partial charge in [-0.3, -0.25) is 14.6 Å². The molecule has 0 N–H and O–H groups in total. The molecule has 2 bridgehead atoms. The number of aromatic nitrogens is 1. The summed E-state index contributed by atoms with van der Waals surface area (Å²) in [6, 6.07) is 9.67. The number of thiophene rings is 1. The second-order valence-electron chi connectivity index (χ2n) is 7.15. The second-order valence-corrected chi connectivity index (χ2v) is 8.18. The molecule has 26 heavy (non-hydrogen) atoms. The normalized spacial score (nSPS) is 22.3. The number of fused-ring (bicyclic) bond motifs is 4. The fourth-order valence-electron chi connectivity index (χ4n) is 4.03. The molecule has 0 spiro atoms. The number of rotatable bonds is 4. The summed E-state index contributed by atoms with van der Waals surface area (Å²) in [4.78, 5) is 35.0. The van der Waals surface area contributed by atoms with Crippen molar-refractivity contribution in [1.82, 2.24) is 14.8 Å². The van der Waals surface area contributed by atoms with Crippen molar-refractivity contribution < 1.29 is 9.59 Å². The Labute approximate surface area is 157 Å². The predicted molar refractivity (Wildman–Crippen MR) is 101 cm³/mol. The molecule has 5 rings (SSSR count). The molecule has 3 saturated heterocycles. The summed E-state index contributed by atoms with van der Waals surface area (Å²) in [5, 5.41) is 2.05. The molecule has 0 aromatic carbocycles. The van der Waals surface area contributed by atoms with Crippen LogP contribution in [0.1, 0.15) is 34.6 Å². The maximum atomic E-state index is 12.8. The molecule has 2 amide bonds. The zero-order valence-electron chi connectivity index (χ0n) is 14.7. The Morgan fingerprint density at radius 2 is 2.04 bits per heavy atom. The number of carbonyl (C=O) groups is 2. The van der Waals surface area contributed by atoms with Gasteiger partial charge in [0.25, 0.3) is 5.91 Å². The molecular formula is C20H23N3O2S. The van der Waals surface area contributed by atoms with Crippen molar-refractivity contribution in [1.29, 1.82) is 0 Å². The van der Waals surface area contributed by atoms with Gasteiger partial charge < -0.3 is 9.80 Å². The minimum absolute atomic E-state index is 0.0182. The molecule has 3 aliphatic rings. The van der Waals surface area contributed by atoms with Gasteiger partial charge in [-0.15, -0.1) is 11.3 Å². The Morgan fingerprint density at radius 1 is 1.12 bits per heavy atom. The van der Waals surface area contributed by atoms with Crippen LogP contribution in [-0.4, -0.2) is 52.3 Å². The predicted octanol–water partition coefficient (Wildman–Crippen LogP) is 2.84. The van der Waals surface area contributed by atoms with Crippen LogP contribution in [-0.2, 0) is 11.2 Å². The fourth-order valence-corrected chi connectivity index (χ4v) is 4.74. The van der Waals surface area contributed by atoms with Gasteiger partial charge >= 0.3 is 0 Å². The van der Waals surface area contributed by atoms with Gasteiger partial charge in [-0.05, 0) is 48.8 Å². The maximum absolute atomic E-state index is 12.8. The van der Waals surface area contributed by atoms with Gasteiger partial charge in [0, 0.05) is 43.2 Å². The van der Waals surface area contributed by atoms with Crippen LogP contribution in [0.5, 0.6) is 0 Å². The Balaban J connectivity index is 1.43. The van der Waals surface area contributed by atoms with Crippen LogP contribution in [0.25, 0.3) is 0 Å². The first-order valence-electron chi connectivity index (χ1n) is 9.23. The summed E-state index contributed by atoms with van der Waals surface area (Å²) in [5.74, 6) is 0.572. The summed E-state index contributed by atoms with van der Waals surface area (Å²) >= 11 is 1.70. The van der Waals surface area contributed by atoms with Gasteiger partial charge in [0.05, 0.1) is 0 Å². The SMILES string of the molecule is O=C(c1ccccn1)N1C[C@H]2CC[C@@H](C1)N(C(=O)CCc1cccs1)C2. The quantitative estimate of drug-likeness (QED) is 0.833. The van der Waals surface area contributed by atoms with E-state index in [4.69, 9.17) is 0 Å². The number of amides is 2. The summed E-state index contributed by atoms with van der Waals surface area (Å²) in [6.45, 7) is 2.12. The van der Waals surface area contributed by atoms with Crippen LogP contribution in [0.2, 0.25) is 0 Å². The lowest BCUT2D eigenvalue weighted by molar-refractivity contribution is -0.135. The van der Waals surface area contributed by atoms with Crippen molar-refractivity contribution in [2.45, 2.75) is 31.7 Å². The summed E-state index contributed by atoms with van der Waals surface area (Å²) < 4.78 is 0. The third kappa shape index (κ3) is 3.65. The van der Waals surface area contributed by atoms with Gasteiger partial charge in [0.15, 0.2) is 0 Å². The zero-order chi connectivity index (χ0) is 17.9. The second kappa shape index (κ2) is 7.58. The number of carbonyl (C=O) groups excluding carboxylic acids is 2. The number of hydrogen-bond donors (Lipinski definition) is 0. The molecule has 0 saturated carbocycles. The summed E-state index contributed by atoms with van der Waals surface area (Å²) in [6.07, 6.45) is 5.09. The molecule has 2 aromatic heterocycles. The van der Waals surface area contributed by atoms with E-state index in [0.717, 1.165) is 32.4 Å². The largest absolute Gasteiger partial charge is 0.338 e. The van der Waals surface area contributed by atoms with Crippen molar-refractivity contribution in [3.8, 4) is 0 Å². The Kier molecular flexibility index (Phi) is 5.02. The lowest BCUT2D eigenvalue weighted by Crippen LogP contribution is -2.47. The lowest BCUT2D eigenvalue weighted by Gasteiger charge is -2.36. The number of aryl methyl sites for hydroxylation is 1. The first-order valence-corrected chi connectivity index (χ1v) is 10.1. The van der Waals surface area contributed by atoms with Crippen LogP contribution in [0.15, 0.2) is 41.9 Å². The molecule has 2 atom stereocenters. The smallest absolute Gasteiger partial charge is 0.272 e. The molecule has 5 heterocycles. The maximum Gasteiger partial charge on any atom is 0.272 e. The van der Waals surface area contributed by atoms with E-state index in [1.165, 1.54) is 4.88 Å². The van der Waals surface area contributed by atoms with Gasteiger partial charge in [-0.2, -0.15) is 0 Å². The number of piperidine rings is 1. The van der Waals surface area contributed by atoms with E-state index < -0.39 is 0 Å². The highest BCUT2D eigenvalue weighted by molar-refractivity contribution is 7.09. The Bertz CT molecular complexity index is 763. The van der Waals surface area contributed by atoms with E-state index in [1.54, 1.807) is 23.6 Å². The van der Waals surface area contributed by atoms with Crippen LogP contribution in [0, 0.1) is 5.92 Å². The van der Waals surface area contributed by atoms with Gasteiger partial charge in [-0.25, -0.2) is 0 Å². The van der Waals surface area contributed by atoms with Crippen molar-refractivity contribution in [3.05, 3.63) is 52.5 Å². The summed E-state index contributed by atoms with van der Waals surface area (Å²) in [5.41, 5.74) is 0.490. The van der Waals surface area contributed by atoms with E-state index in [-0.39, 0.29) is 17.9 Å². The molecule has 0 unspecified atom stereocenters. The molecule has 3 aliphatic heterocycles. The topological polar surface area (TPSA) is 53.5 Å². The van der Waals surface area contributed by atoms with Crippen molar-refractivity contribution >= 4 is 23.2 Å². The third-order valence-electron chi connectivity index (χ3n) is 5.37. The van der Waals surface area contributed by atoms with E-state index in [9.17, 15) is 9.59 Å². The Morgan fingerprint density at radius 3 is 2.81 bits per heavy atom. The average Bonchev–Trinajstić information content (AvgIpc) is 3.04. The van der Waals surface area contributed by atoms with Gasteiger partial charge in [0.1, 0.15) is 5.69 Å². The van der Waals surface area contributed by atoms with Crippen LogP contribution in [0.3, 0.4) is 0 Å². The highest BCUT2D eigenvalue weighted by atomic mass is 32.1. The molecule has 2 aromatic rings. The molecule has 136 valence electrons. The molecule has 6 heteroatoms. The fraction of sp³-hybridized carbons (Fsp3) is 0.450. The number of pyridine rings is 1. The standard InChI is InChI=1S/C20H23N3O2S/c24-19(9-8-17-4-3-11-26-17)23-13-15-6-7-16(23)14-22(12-15)20(25)18-5-1-2-10-21-18/h1-5,10-11,15-16H,6-9,12-14H2/t15-,16+/m1/s1. The highest BCUT2D eigenvalue weighted by Gasteiger charge is 2.38. The monoisotopic (exact) mass is 369 g/mol. The van der Waals surface area contributed by atoms with E-state index in [1.807, 2.05) is 28.0 Å². The van der Waals surface area contributed by atoms with E-state index in [2.05, 4.69) is 16.4 Å². The van der Waals surface area contributed by atoms with Gasteiger partial charge in [-0.1, -0.05) is 12.1 Å². The Hall–Kier alpha value is -2.21. The van der Waals surface area contributed by atoms with Crippen LogP contribution < -0.4 is 0 Å². The van der Waals surface area contributed by atoms with Gasteiger partial charge in [0.2, 0.25) is 5.91 Å². The molecule has 0 radical (unpaired) electrons. The molecular weight excluding hydrogens is 346 g/mol. The number of nitrogens with zero attached hydrogens (tertiary/aromatic N) is 3. The van der Waals surface area contributed by atoms with Crippen molar-refractivity contribution in [2.24, 2.45) is 5.92 Å². The lowest BCUT2D eigenvalue weighted by atomic mass is 9.94. The first kappa shape index (κ1) is 17.2. The summed E-state index contributed by atoms with van der Waals surface area (Å²) in [7, 11) is 0. The zero-order valence-corrected chi connectivity index (χ0v) is 15.5. The minimum Gasteiger partial charge on any atom is -0.338 e. The van der Waals surface area contributed by atoms with E-state index >= 15 is 0 Å².